The summed E-state index contributed by atoms with van der Waals surface area (Å²) >= 11 is 0. The van der Waals surface area contributed by atoms with Gasteiger partial charge in [0.15, 0.2) is 5.96 Å². The van der Waals surface area contributed by atoms with Crippen LogP contribution in [0.4, 0.5) is 5.69 Å². The van der Waals surface area contributed by atoms with E-state index < -0.39 is 0 Å². The number of rotatable bonds is 10. The number of hydrogen-bond donors (Lipinski definition) is 2. The van der Waals surface area contributed by atoms with Crippen LogP contribution in [0, 0.1) is 5.92 Å². The second-order valence-electron chi connectivity index (χ2n) is 12.0. The fraction of sp³-hybridized carbons (Fsp3) is 0.515. The van der Waals surface area contributed by atoms with Crippen molar-refractivity contribution in [3.63, 3.8) is 0 Å². The number of aliphatic imine (C=N–C) groups is 1. The van der Waals surface area contributed by atoms with Gasteiger partial charge in [0.05, 0.1) is 18.4 Å². The quantitative estimate of drug-likeness (QED) is 0.290. The van der Waals surface area contributed by atoms with Crippen molar-refractivity contribution in [2.45, 2.75) is 102 Å². The van der Waals surface area contributed by atoms with E-state index in [1.165, 1.54) is 38.5 Å². The number of carbonyl (C=O) groups excluding carboxylic acids is 1. The summed E-state index contributed by atoms with van der Waals surface area (Å²) in [5.74, 6) is 3.36. The third kappa shape index (κ3) is 6.77. The van der Waals surface area contributed by atoms with Crippen LogP contribution >= 0.6 is 0 Å². The zero-order valence-electron chi connectivity index (χ0n) is 24.5. The number of H-pyrrole nitrogens is 1. The highest BCUT2D eigenvalue weighted by Crippen LogP contribution is 2.36. The van der Waals surface area contributed by atoms with Gasteiger partial charge in [-0.25, -0.2) is 15.0 Å². The monoisotopic (exact) mass is 569 g/mol. The Kier molecular flexibility index (Phi) is 9.01. The van der Waals surface area contributed by atoms with Crippen molar-refractivity contribution >= 4 is 17.6 Å². The first-order chi connectivity index (χ1) is 20.6. The molecule has 1 amide bonds. The molecule has 0 spiro atoms. The van der Waals surface area contributed by atoms with Crippen LogP contribution in [0.15, 0.2) is 60.0 Å². The molecule has 9 heteroatoms. The van der Waals surface area contributed by atoms with Gasteiger partial charge >= 0.3 is 0 Å². The van der Waals surface area contributed by atoms with E-state index in [1.807, 2.05) is 42.6 Å². The molecule has 3 N–H and O–H groups in total. The fourth-order valence-electron chi connectivity index (χ4n) is 7.04. The fourth-order valence-corrected chi connectivity index (χ4v) is 7.04. The smallest absolute Gasteiger partial charge is 0.223 e. The summed E-state index contributed by atoms with van der Waals surface area (Å²) in [4.78, 5) is 35.1. The summed E-state index contributed by atoms with van der Waals surface area (Å²) in [5.41, 5.74) is 8.47. The Morgan fingerprint density at radius 3 is 2.55 bits per heavy atom. The van der Waals surface area contributed by atoms with Gasteiger partial charge in [0.1, 0.15) is 11.6 Å². The van der Waals surface area contributed by atoms with Crippen LogP contribution < -0.4 is 10.5 Å². The normalized spacial score (nSPS) is 18.7. The predicted octanol–water partition coefficient (Wildman–Crippen LogP) is 6.45. The number of carbonyl (C=O) groups is 1. The molecule has 1 aromatic carbocycles. The van der Waals surface area contributed by atoms with Crippen LogP contribution in [-0.4, -0.2) is 48.7 Å². The Morgan fingerprint density at radius 2 is 1.81 bits per heavy atom. The number of nitrogens with zero attached hydrogens (tertiary/aromatic N) is 5. The first-order valence-corrected chi connectivity index (χ1v) is 15.7. The van der Waals surface area contributed by atoms with E-state index in [2.05, 4.69) is 24.8 Å². The zero-order chi connectivity index (χ0) is 28.7. The molecule has 2 aromatic heterocycles. The number of imidazole rings is 1. The van der Waals surface area contributed by atoms with E-state index in [-0.39, 0.29) is 18.0 Å². The van der Waals surface area contributed by atoms with E-state index >= 15 is 0 Å². The highest BCUT2D eigenvalue weighted by molar-refractivity contribution is 5.84. The summed E-state index contributed by atoms with van der Waals surface area (Å²) in [6.45, 7) is 1.18. The molecule has 1 aliphatic heterocycles. The van der Waals surface area contributed by atoms with Crippen molar-refractivity contribution in [1.82, 2.24) is 24.8 Å². The number of hydrogen-bond acceptors (Lipinski definition) is 7. The standard InChI is InChI=1S/C33H43N7O2/c34-33-38-28-21-37-31(42-27-14-8-3-9-15-27)20-25(28)22-40(33)29(24-10-4-1-5-11-24)16-17-32(41)39(23-30-35-18-19-36-30)26-12-6-2-7-13-26/h3,8-9,14-15,18-21,24,26,29H,1-2,4-7,10-13,16-17,22-23H2,(H2,34,38)(H,35,36)/t29-/m0/s1. The van der Waals surface area contributed by atoms with Crippen LogP contribution in [0.1, 0.15) is 88.4 Å². The lowest BCUT2D eigenvalue weighted by molar-refractivity contribution is -0.135. The second-order valence-corrected chi connectivity index (χ2v) is 12.0. The lowest BCUT2D eigenvalue weighted by atomic mass is 9.81. The van der Waals surface area contributed by atoms with E-state index in [9.17, 15) is 4.79 Å². The number of nitrogens with two attached hydrogens (primary N) is 1. The maximum Gasteiger partial charge on any atom is 0.223 e. The van der Waals surface area contributed by atoms with Gasteiger partial charge in [-0.2, -0.15) is 0 Å². The second kappa shape index (κ2) is 13.4. The third-order valence-corrected chi connectivity index (χ3v) is 9.24. The molecule has 222 valence electrons. The Labute approximate surface area is 248 Å². The first-order valence-electron chi connectivity index (χ1n) is 15.7. The summed E-state index contributed by atoms with van der Waals surface area (Å²) < 4.78 is 6.02. The first kappa shape index (κ1) is 28.2. The molecule has 1 atom stereocenters. The molecule has 0 unspecified atom stereocenters. The Bertz CT molecular complexity index is 1330. The molecule has 2 fully saturated rings. The van der Waals surface area contributed by atoms with Crippen LogP contribution in [0.2, 0.25) is 0 Å². The molecule has 0 saturated heterocycles. The van der Waals surface area contributed by atoms with Crippen molar-refractivity contribution in [1.29, 1.82) is 0 Å². The van der Waals surface area contributed by atoms with Gasteiger partial charge in [0, 0.05) is 49.1 Å². The van der Waals surface area contributed by atoms with Gasteiger partial charge in [0.2, 0.25) is 11.8 Å². The SMILES string of the molecule is NC1=Nc2cnc(Oc3ccccc3)cc2CN1[C@@H](CCC(=O)N(Cc1ncc[nH]1)C1CCCCC1)C1CCCCC1. The lowest BCUT2D eigenvalue weighted by Crippen LogP contribution is -2.50. The highest BCUT2D eigenvalue weighted by Gasteiger charge is 2.34. The Hall–Kier alpha value is -3.88. The minimum atomic E-state index is 0.148. The number of para-hydroxylation sites is 1. The van der Waals surface area contributed by atoms with Gasteiger partial charge in [-0.05, 0) is 50.2 Å². The minimum Gasteiger partial charge on any atom is -0.439 e. The zero-order valence-corrected chi connectivity index (χ0v) is 24.5. The van der Waals surface area contributed by atoms with E-state index in [0.717, 1.165) is 54.9 Å². The molecule has 3 heterocycles. The number of aromatic amines is 1. The molecule has 2 saturated carbocycles. The lowest BCUT2D eigenvalue weighted by Gasteiger charge is -2.41. The number of fused-ring (bicyclic) bond motifs is 1. The molecular weight excluding hydrogens is 526 g/mol. The predicted molar refractivity (Wildman–Crippen MR) is 163 cm³/mol. The molecule has 6 rings (SSSR count). The maximum absolute atomic E-state index is 13.9. The average molecular weight is 570 g/mol. The van der Waals surface area contributed by atoms with Crippen LogP contribution in [0.5, 0.6) is 11.6 Å². The van der Waals surface area contributed by atoms with Gasteiger partial charge in [-0.15, -0.1) is 0 Å². The van der Waals surface area contributed by atoms with Crippen LogP contribution in [0.25, 0.3) is 0 Å². The number of pyridine rings is 1. The van der Waals surface area contributed by atoms with Crippen LogP contribution in [-0.2, 0) is 17.9 Å². The topological polar surface area (TPSA) is 113 Å². The molecule has 3 aliphatic rings. The van der Waals surface area contributed by atoms with Gasteiger partial charge in [0.25, 0.3) is 0 Å². The Balaban J connectivity index is 1.20. The molecule has 0 radical (unpaired) electrons. The van der Waals surface area contributed by atoms with Crippen LogP contribution in [0.3, 0.4) is 0 Å². The van der Waals surface area contributed by atoms with E-state index in [0.29, 0.717) is 37.3 Å². The van der Waals surface area contributed by atoms with Gasteiger partial charge in [-0.1, -0.05) is 56.7 Å². The molecule has 42 heavy (non-hydrogen) atoms. The third-order valence-electron chi connectivity index (χ3n) is 9.24. The minimum absolute atomic E-state index is 0.148. The summed E-state index contributed by atoms with van der Waals surface area (Å²) in [6.07, 6.45) is 18.4. The summed E-state index contributed by atoms with van der Waals surface area (Å²) in [6, 6.07) is 12.1. The Morgan fingerprint density at radius 1 is 1.05 bits per heavy atom. The van der Waals surface area contributed by atoms with E-state index in [1.54, 1.807) is 12.4 Å². The van der Waals surface area contributed by atoms with E-state index in [4.69, 9.17) is 15.5 Å². The number of benzene rings is 1. The van der Waals surface area contributed by atoms with Crippen molar-refractivity contribution < 1.29 is 9.53 Å². The maximum atomic E-state index is 13.9. The molecule has 0 bridgehead atoms. The largest absolute Gasteiger partial charge is 0.439 e. The van der Waals surface area contributed by atoms with Crippen molar-refractivity contribution in [3.8, 4) is 11.6 Å². The summed E-state index contributed by atoms with van der Waals surface area (Å²) in [7, 11) is 0. The van der Waals surface area contributed by atoms with Crippen molar-refractivity contribution in [2.75, 3.05) is 0 Å². The number of aromatic nitrogens is 3. The molecule has 3 aromatic rings. The van der Waals surface area contributed by atoms with Crippen molar-refractivity contribution in [3.05, 3.63) is 66.4 Å². The van der Waals surface area contributed by atoms with Gasteiger partial charge in [-0.3, -0.25) is 4.79 Å². The molecule has 9 nitrogen and oxygen atoms in total. The highest BCUT2D eigenvalue weighted by atomic mass is 16.5. The van der Waals surface area contributed by atoms with Crippen molar-refractivity contribution in [2.24, 2.45) is 16.6 Å². The molecule has 2 aliphatic carbocycles. The average Bonchev–Trinajstić information content (AvgIpc) is 3.55. The number of amides is 1. The summed E-state index contributed by atoms with van der Waals surface area (Å²) in [5, 5.41) is 0. The van der Waals surface area contributed by atoms with Gasteiger partial charge < -0.3 is 25.3 Å². The number of ether oxygens (including phenoxy) is 1. The molecular formula is C33H43N7O2. The number of nitrogens with one attached hydrogen (secondary N) is 1. The number of guanidine groups is 1.